The van der Waals surface area contributed by atoms with Gasteiger partial charge in [-0.25, -0.2) is 0 Å². The van der Waals surface area contributed by atoms with Gasteiger partial charge in [0, 0.05) is 44.6 Å². The zero-order chi connectivity index (χ0) is 15.4. The van der Waals surface area contributed by atoms with Crippen LogP contribution in [0.1, 0.15) is 32.3 Å². The second-order valence-corrected chi connectivity index (χ2v) is 6.64. The number of rotatable bonds is 5. The van der Waals surface area contributed by atoms with E-state index in [-0.39, 0.29) is 0 Å². The van der Waals surface area contributed by atoms with Gasteiger partial charge in [-0.3, -0.25) is 0 Å². The summed E-state index contributed by atoms with van der Waals surface area (Å²) in [5.74, 6) is 0.703. The fourth-order valence-corrected chi connectivity index (χ4v) is 3.29. The highest BCUT2D eigenvalue weighted by Gasteiger charge is 2.25. The zero-order valence-corrected chi connectivity index (χ0v) is 14.3. The largest absolute Gasteiger partial charge is 0.377 e. The summed E-state index contributed by atoms with van der Waals surface area (Å²) >= 11 is 0. The van der Waals surface area contributed by atoms with Gasteiger partial charge in [-0.2, -0.15) is 0 Å². The zero-order valence-electron chi connectivity index (χ0n) is 14.3. The maximum Gasteiger partial charge on any atom is 0.0411 e. The van der Waals surface area contributed by atoms with Gasteiger partial charge in [0.15, 0.2) is 0 Å². The Morgan fingerprint density at radius 2 is 2.10 bits per heavy atom. The molecule has 0 spiro atoms. The SMILES string of the molecule is CCCNC1CCN(c2ccc(C)c(N(C)C)c2)CC1C. The van der Waals surface area contributed by atoms with Crippen molar-refractivity contribution in [1.29, 1.82) is 0 Å². The first-order valence-electron chi connectivity index (χ1n) is 8.29. The van der Waals surface area contributed by atoms with Crippen molar-refractivity contribution in [2.45, 2.75) is 39.7 Å². The summed E-state index contributed by atoms with van der Waals surface area (Å²) in [7, 11) is 4.24. The van der Waals surface area contributed by atoms with E-state index in [1.807, 2.05) is 0 Å². The molecular formula is C18H31N3. The van der Waals surface area contributed by atoms with Crippen LogP contribution in [-0.4, -0.2) is 39.8 Å². The minimum Gasteiger partial charge on any atom is -0.377 e. The third kappa shape index (κ3) is 3.91. The molecule has 1 aromatic carbocycles. The van der Waals surface area contributed by atoms with E-state index in [4.69, 9.17) is 0 Å². The van der Waals surface area contributed by atoms with Gasteiger partial charge in [-0.05, 0) is 49.9 Å². The van der Waals surface area contributed by atoms with Gasteiger partial charge in [0.25, 0.3) is 0 Å². The van der Waals surface area contributed by atoms with Crippen LogP contribution in [0.4, 0.5) is 11.4 Å². The van der Waals surface area contributed by atoms with E-state index in [0.717, 1.165) is 19.6 Å². The number of aryl methyl sites for hydroxylation is 1. The molecule has 1 aliphatic rings. The van der Waals surface area contributed by atoms with E-state index in [0.29, 0.717) is 12.0 Å². The van der Waals surface area contributed by atoms with Crippen molar-refractivity contribution >= 4 is 11.4 Å². The molecule has 0 radical (unpaired) electrons. The average Bonchev–Trinajstić information content (AvgIpc) is 2.46. The van der Waals surface area contributed by atoms with Crippen molar-refractivity contribution in [1.82, 2.24) is 5.32 Å². The molecule has 1 aliphatic heterocycles. The number of nitrogens with zero attached hydrogens (tertiary/aromatic N) is 2. The van der Waals surface area contributed by atoms with Gasteiger partial charge >= 0.3 is 0 Å². The molecule has 0 bridgehead atoms. The number of hydrogen-bond donors (Lipinski definition) is 1. The lowest BCUT2D eigenvalue weighted by molar-refractivity contribution is 0.322. The molecule has 1 aromatic rings. The van der Waals surface area contributed by atoms with Gasteiger partial charge in [0.1, 0.15) is 0 Å². The molecule has 1 fully saturated rings. The standard InChI is InChI=1S/C18H31N3/c1-6-10-19-17-9-11-21(13-15(17)3)16-8-7-14(2)18(12-16)20(4)5/h7-8,12,15,17,19H,6,9-11,13H2,1-5H3. The summed E-state index contributed by atoms with van der Waals surface area (Å²) < 4.78 is 0. The van der Waals surface area contributed by atoms with E-state index in [9.17, 15) is 0 Å². The Labute approximate surface area is 130 Å². The lowest BCUT2D eigenvalue weighted by atomic mass is 9.93. The Bertz CT molecular complexity index is 456. The van der Waals surface area contributed by atoms with E-state index in [1.54, 1.807) is 0 Å². The van der Waals surface area contributed by atoms with Crippen molar-refractivity contribution in [3.63, 3.8) is 0 Å². The first kappa shape index (κ1) is 16.2. The number of hydrogen-bond acceptors (Lipinski definition) is 3. The molecular weight excluding hydrogens is 258 g/mol. The second-order valence-electron chi connectivity index (χ2n) is 6.64. The van der Waals surface area contributed by atoms with E-state index >= 15 is 0 Å². The normalized spacial score (nSPS) is 22.4. The molecule has 0 aromatic heterocycles. The van der Waals surface area contributed by atoms with Crippen molar-refractivity contribution in [2.24, 2.45) is 5.92 Å². The fraction of sp³-hybridized carbons (Fsp3) is 0.667. The van der Waals surface area contributed by atoms with E-state index in [2.05, 4.69) is 68.2 Å². The second kappa shape index (κ2) is 7.17. The third-order valence-electron chi connectivity index (χ3n) is 4.60. The van der Waals surface area contributed by atoms with Crippen LogP contribution in [0.15, 0.2) is 18.2 Å². The smallest absolute Gasteiger partial charge is 0.0411 e. The predicted octanol–water partition coefficient (Wildman–Crippen LogP) is 3.28. The van der Waals surface area contributed by atoms with Crippen LogP contribution in [0, 0.1) is 12.8 Å². The summed E-state index contributed by atoms with van der Waals surface area (Å²) in [6.07, 6.45) is 2.46. The maximum absolute atomic E-state index is 3.70. The van der Waals surface area contributed by atoms with Crippen LogP contribution in [0.25, 0.3) is 0 Å². The Morgan fingerprint density at radius 3 is 2.71 bits per heavy atom. The molecule has 118 valence electrons. The predicted molar refractivity (Wildman–Crippen MR) is 93.6 cm³/mol. The Hall–Kier alpha value is -1.22. The molecule has 1 N–H and O–H groups in total. The van der Waals surface area contributed by atoms with Crippen molar-refractivity contribution in [3.05, 3.63) is 23.8 Å². The van der Waals surface area contributed by atoms with E-state index < -0.39 is 0 Å². The third-order valence-corrected chi connectivity index (χ3v) is 4.60. The summed E-state index contributed by atoms with van der Waals surface area (Å²) in [5, 5.41) is 3.70. The summed E-state index contributed by atoms with van der Waals surface area (Å²) in [5.41, 5.74) is 4.03. The topological polar surface area (TPSA) is 18.5 Å². The molecule has 1 heterocycles. The van der Waals surface area contributed by atoms with E-state index in [1.165, 1.54) is 29.8 Å². The van der Waals surface area contributed by atoms with Crippen LogP contribution < -0.4 is 15.1 Å². The number of piperidine rings is 1. The molecule has 0 amide bonds. The molecule has 0 aliphatic carbocycles. The number of nitrogens with one attached hydrogen (secondary N) is 1. The van der Waals surface area contributed by atoms with Crippen LogP contribution in [0.5, 0.6) is 0 Å². The summed E-state index contributed by atoms with van der Waals surface area (Å²) in [6, 6.07) is 7.54. The average molecular weight is 289 g/mol. The minimum absolute atomic E-state index is 0.681. The number of anilines is 2. The molecule has 21 heavy (non-hydrogen) atoms. The van der Waals surface area contributed by atoms with Crippen LogP contribution in [-0.2, 0) is 0 Å². The van der Waals surface area contributed by atoms with Crippen molar-refractivity contribution in [3.8, 4) is 0 Å². The van der Waals surface area contributed by atoms with Gasteiger partial charge in [0.05, 0.1) is 0 Å². The summed E-state index contributed by atoms with van der Waals surface area (Å²) in [6.45, 7) is 10.2. The molecule has 0 saturated carbocycles. The fourth-order valence-electron chi connectivity index (χ4n) is 3.29. The highest BCUT2D eigenvalue weighted by Crippen LogP contribution is 2.28. The van der Waals surface area contributed by atoms with Crippen LogP contribution >= 0.6 is 0 Å². The molecule has 1 saturated heterocycles. The molecule has 2 rings (SSSR count). The molecule has 3 heteroatoms. The Morgan fingerprint density at radius 1 is 1.33 bits per heavy atom. The van der Waals surface area contributed by atoms with Crippen molar-refractivity contribution < 1.29 is 0 Å². The van der Waals surface area contributed by atoms with Crippen LogP contribution in [0.2, 0.25) is 0 Å². The van der Waals surface area contributed by atoms with Gasteiger partial charge in [0.2, 0.25) is 0 Å². The highest BCUT2D eigenvalue weighted by molar-refractivity contribution is 5.63. The first-order valence-corrected chi connectivity index (χ1v) is 8.29. The Balaban J connectivity index is 2.05. The molecule has 3 nitrogen and oxygen atoms in total. The Kier molecular flexibility index (Phi) is 5.51. The summed E-state index contributed by atoms with van der Waals surface area (Å²) in [4.78, 5) is 4.75. The molecule has 2 unspecified atom stereocenters. The number of benzene rings is 1. The van der Waals surface area contributed by atoms with Crippen LogP contribution in [0.3, 0.4) is 0 Å². The quantitative estimate of drug-likeness (QED) is 0.897. The van der Waals surface area contributed by atoms with Gasteiger partial charge < -0.3 is 15.1 Å². The van der Waals surface area contributed by atoms with Gasteiger partial charge in [-0.1, -0.05) is 19.9 Å². The monoisotopic (exact) mass is 289 g/mol. The first-order chi connectivity index (χ1) is 10.0. The lowest BCUT2D eigenvalue weighted by Crippen LogP contribution is -2.48. The minimum atomic E-state index is 0.681. The van der Waals surface area contributed by atoms with Crippen molar-refractivity contribution in [2.75, 3.05) is 43.5 Å². The lowest BCUT2D eigenvalue weighted by Gasteiger charge is -2.39. The van der Waals surface area contributed by atoms with Gasteiger partial charge in [-0.15, -0.1) is 0 Å². The maximum atomic E-state index is 3.70. The molecule has 2 atom stereocenters. The highest BCUT2D eigenvalue weighted by atomic mass is 15.2.